The van der Waals surface area contributed by atoms with Crippen LogP contribution in [0.4, 0.5) is 0 Å². The number of β-amino-alcohol motifs (C(OH)–C–C–N with tert-alkyl or cyclic N) is 1. The minimum absolute atomic E-state index is 0.138. The molecular weight excluding hydrogens is 310 g/mol. The van der Waals surface area contributed by atoms with Gasteiger partial charge in [0.1, 0.15) is 5.58 Å². The molecule has 3 rings (SSSR count). The number of benzene rings is 1. The van der Waals surface area contributed by atoms with Crippen molar-refractivity contribution in [1.29, 1.82) is 0 Å². The van der Waals surface area contributed by atoms with Crippen LogP contribution >= 0.6 is 15.9 Å². The van der Waals surface area contributed by atoms with E-state index >= 15 is 0 Å². The summed E-state index contributed by atoms with van der Waals surface area (Å²) in [6.07, 6.45) is 0.221. The Labute approximate surface area is 119 Å². The molecule has 0 unspecified atom stereocenters. The summed E-state index contributed by atoms with van der Waals surface area (Å²) >= 11 is 3.42. The number of furan rings is 1. The van der Waals surface area contributed by atoms with Crippen molar-refractivity contribution in [3.8, 4) is 0 Å². The standard InChI is InChI=1S/C14H14BrNO3/c1-8-11-6-9(15)2-3-12(11)19-13(8)14(18)16-5-4-10(17)7-16/h2-3,6,10,17H,4-5,7H2,1H3/t10-/m0/s1. The molecule has 1 amide bonds. The SMILES string of the molecule is Cc1c(C(=O)N2CC[C@H](O)C2)oc2ccc(Br)cc12. The van der Waals surface area contributed by atoms with E-state index in [1.54, 1.807) is 4.90 Å². The number of hydrogen-bond acceptors (Lipinski definition) is 3. The number of likely N-dealkylation sites (tertiary alicyclic amines) is 1. The quantitative estimate of drug-likeness (QED) is 0.877. The lowest BCUT2D eigenvalue weighted by Gasteiger charge is -2.13. The highest BCUT2D eigenvalue weighted by atomic mass is 79.9. The summed E-state index contributed by atoms with van der Waals surface area (Å²) in [6.45, 7) is 2.86. The van der Waals surface area contributed by atoms with Crippen LogP contribution in [0.2, 0.25) is 0 Å². The highest BCUT2D eigenvalue weighted by molar-refractivity contribution is 9.10. The average Bonchev–Trinajstić information content (AvgIpc) is 2.94. The van der Waals surface area contributed by atoms with Crippen molar-refractivity contribution in [2.75, 3.05) is 13.1 Å². The van der Waals surface area contributed by atoms with E-state index in [0.29, 0.717) is 30.9 Å². The van der Waals surface area contributed by atoms with Crippen molar-refractivity contribution in [2.45, 2.75) is 19.4 Å². The molecule has 1 saturated heterocycles. The maximum absolute atomic E-state index is 12.4. The number of nitrogens with zero attached hydrogens (tertiary/aromatic N) is 1. The van der Waals surface area contributed by atoms with Crippen LogP contribution in [0.3, 0.4) is 0 Å². The van der Waals surface area contributed by atoms with Gasteiger partial charge in [0.25, 0.3) is 5.91 Å². The summed E-state index contributed by atoms with van der Waals surface area (Å²) in [7, 11) is 0. The summed E-state index contributed by atoms with van der Waals surface area (Å²) in [5, 5.41) is 10.5. The third-order valence-corrected chi connectivity index (χ3v) is 4.04. The summed E-state index contributed by atoms with van der Waals surface area (Å²) in [5.41, 5.74) is 1.56. The van der Waals surface area contributed by atoms with E-state index in [9.17, 15) is 9.90 Å². The summed E-state index contributed by atoms with van der Waals surface area (Å²) in [6, 6.07) is 5.69. The second-order valence-electron chi connectivity index (χ2n) is 4.89. The molecule has 0 bridgehead atoms. The predicted octanol–water partition coefficient (Wildman–Crippen LogP) is 2.71. The number of fused-ring (bicyclic) bond motifs is 1. The van der Waals surface area contributed by atoms with Gasteiger partial charge in [-0.25, -0.2) is 0 Å². The van der Waals surface area contributed by atoms with Crippen LogP contribution in [-0.4, -0.2) is 35.1 Å². The summed E-state index contributed by atoms with van der Waals surface area (Å²) in [4.78, 5) is 14.0. The van der Waals surface area contributed by atoms with Crippen LogP contribution in [0.1, 0.15) is 22.5 Å². The molecule has 0 aliphatic carbocycles. The van der Waals surface area contributed by atoms with Crippen molar-refractivity contribution >= 4 is 32.8 Å². The zero-order chi connectivity index (χ0) is 13.6. The first-order valence-electron chi connectivity index (χ1n) is 6.22. The van der Waals surface area contributed by atoms with Gasteiger partial charge in [0.15, 0.2) is 5.76 Å². The first-order valence-corrected chi connectivity index (χ1v) is 7.01. The fraction of sp³-hybridized carbons (Fsp3) is 0.357. The van der Waals surface area contributed by atoms with E-state index in [-0.39, 0.29) is 5.91 Å². The number of rotatable bonds is 1. The lowest BCUT2D eigenvalue weighted by molar-refractivity contribution is 0.0735. The molecule has 1 aliphatic rings. The maximum Gasteiger partial charge on any atom is 0.289 e. The molecule has 2 aromatic rings. The lowest BCUT2D eigenvalue weighted by Crippen LogP contribution is -2.29. The summed E-state index contributed by atoms with van der Waals surface area (Å²) in [5.74, 6) is 0.239. The first-order chi connectivity index (χ1) is 9.06. The number of aliphatic hydroxyl groups excluding tert-OH is 1. The van der Waals surface area contributed by atoms with Gasteiger partial charge in [-0.05, 0) is 31.5 Å². The predicted molar refractivity (Wildman–Crippen MR) is 75.2 cm³/mol. The molecule has 1 aliphatic heterocycles. The van der Waals surface area contributed by atoms with Crippen LogP contribution in [0.15, 0.2) is 27.1 Å². The van der Waals surface area contributed by atoms with Crippen LogP contribution in [-0.2, 0) is 0 Å². The fourth-order valence-electron chi connectivity index (χ4n) is 2.47. The van der Waals surface area contributed by atoms with Crippen molar-refractivity contribution in [3.05, 3.63) is 34.0 Å². The topological polar surface area (TPSA) is 53.7 Å². The Morgan fingerprint density at radius 2 is 2.32 bits per heavy atom. The molecular formula is C14H14BrNO3. The molecule has 5 heteroatoms. The fourth-order valence-corrected chi connectivity index (χ4v) is 2.83. The molecule has 1 N–H and O–H groups in total. The molecule has 2 heterocycles. The molecule has 4 nitrogen and oxygen atoms in total. The minimum Gasteiger partial charge on any atom is -0.451 e. The van der Waals surface area contributed by atoms with E-state index in [0.717, 1.165) is 15.4 Å². The van der Waals surface area contributed by atoms with Crippen molar-refractivity contribution in [3.63, 3.8) is 0 Å². The Hall–Kier alpha value is -1.33. The number of carbonyl (C=O) groups is 1. The monoisotopic (exact) mass is 323 g/mol. The number of aryl methyl sites for hydroxylation is 1. The summed E-state index contributed by atoms with van der Waals surface area (Å²) < 4.78 is 6.63. The zero-order valence-corrected chi connectivity index (χ0v) is 12.1. The van der Waals surface area contributed by atoms with Gasteiger partial charge >= 0.3 is 0 Å². The normalized spacial score (nSPS) is 19.3. The molecule has 0 saturated carbocycles. The minimum atomic E-state index is -0.414. The molecule has 1 fully saturated rings. The van der Waals surface area contributed by atoms with E-state index in [1.165, 1.54) is 0 Å². The van der Waals surface area contributed by atoms with Crippen LogP contribution in [0.5, 0.6) is 0 Å². The van der Waals surface area contributed by atoms with E-state index in [2.05, 4.69) is 15.9 Å². The van der Waals surface area contributed by atoms with Gasteiger partial charge in [0.05, 0.1) is 6.10 Å². The third kappa shape index (κ3) is 2.17. The smallest absolute Gasteiger partial charge is 0.289 e. The van der Waals surface area contributed by atoms with Crippen molar-refractivity contribution in [2.24, 2.45) is 0 Å². The van der Waals surface area contributed by atoms with E-state index in [1.807, 2.05) is 25.1 Å². The Balaban J connectivity index is 2.01. The Morgan fingerprint density at radius 1 is 1.53 bits per heavy atom. The van der Waals surface area contributed by atoms with Crippen LogP contribution in [0.25, 0.3) is 11.0 Å². The molecule has 1 aromatic carbocycles. The van der Waals surface area contributed by atoms with Crippen LogP contribution in [0, 0.1) is 6.92 Å². The number of halogens is 1. The highest BCUT2D eigenvalue weighted by Crippen LogP contribution is 2.29. The molecule has 0 radical (unpaired) electrons. The Morgan fingerprint density at radius 3 is 3.00 bits per heavy atom. The van der Waals surface area contributed by atoms with Gasteiger partial charge < -0.3 is 14.4 Å². The molecule has 1 atom stereocenters. The number of hydrogen-bond donors (Lipinski definition) is 1. The Kier molecular flexibility index (Phi) is 3.11. The van der Waals surface area contributed by atoms with Gasteiger partial charge in [0, 0.05) is 28.5 Å². The largest absolute Gasteiger partial charge is 0.451 e. The zero-order valence-electron chi connectivity index (χ0n) is 10.5. The van der Waals surface area contributed by atoms with Gasteiger partial charge in [-0.1, -0.05) is 15.9 Å². The van der Waals surface area contributed by atoms with Gasteiger partial charge in [-0.2, -0.15) is 0 Å². The van der Waals surface area contributed by atoms with Crippen molar-refractivity contribution < 1.29 is 14.3 Å². The first kappa shape index (κ1) is 12.7. The van der Waals surface area contributed by atoms with Gasteiger partial charge in [-0.15, -0.1) is 0 Å². The lowest BCUT2D eigenvalue weighted by atomic mass is 10.1. The number of carbonyl (C=O) groups excluding carboxylic acids is 1. The second kappa shape index (κ2) is 4.65. The molecule has 100 valence electrons. The van der Waals surface area contributed by atoms with Crippen LogP contribution < -0.4 is 0 Å². The van der Waals surface area contributed by atoms with E-state index in [4.69, 9.17) is 4.42 Å². The van der Waals surface area contributed by atoms with Gasteiger partial charge in [-0.3, -0.25) is 4.79 Å². The third-order valence-electron chi connectivity index (χ3n) is 3.54. The Bertz CT molecular complexity index is 649. The van der Waals surface area contributed by atoms with Gasteiger partial charge in [0.2, 0.25) is 0 Å². The number of aliphatic hydroxyl groups is 1. The maximum atomic E-state index is 12.4. The number of amides is 1. The highest BCUT2D eigenvalue weighted by Gasteiger charge is 2.29. The van der Waals surface area contributed by atoms with E-state index < -0.39 is 6.10 Å². The average molecular weight is 324 g/mol. The second-order valence-corrected chi connectivity index (χ2v) is 5.81. The van der Waals surface area contributed by atoms with Crippen molar-refractivity contribution in [1.82, 2.24) is 4.90 Å². The molecule has 0 spiro atoms. The molecule has 1 aromatic heterocycles. The molecule has 19 heavy (non-hydrogen) atoms.